The first-order valence-corrected chi connectivity index (χ1v) is 7.66. The van der Waals surface area contributed by atoms with E-state index in [1.165, 1.54) is 14.1 Å². The first kappa shape index (κ1) is 22.4. The summed E-state index contributed by atoms with van der Waals surface area (Å²) in [5.41, 5.74) is -7.42. The van der Waals surface area contributed by atoms with Crippen LogP contribution in [0.25, 0.3) is 0 Å². The number of aromatic nitrogens is 1. The van der Waals surface area contributed by atoms with Gasteiger partial charge in [-0.3, -0.25) is 4.79 Å². The molecule has 2 rings (SSSR count). The molecule has 0 fully saturated rings. The van der Waals surface area contributed by atoms with Crippen molar-refractivity contribution in [1.82, 2.24) is 9.88 Å². The van der Waals surface area contributed by atoms with Gasteiger partial charge in [0, 0.05) is 25.9 Å². The molecule has 0 aliphatic rings. The SMILES string of the molecule is CN(C)C(=O)c1cnc(Oc2ccc(C(F)(C(F)(F)F)C(F)(F)F)cc2)c(F)c1. The maximum absolute atomic E-state index is 14.0. The fourth-order valence-electron chi connectivity index (χ4n) is 2.23. The van der Waals surface area contributed by atoms with Gasteiger partial charge in [-0.1, -0.05) is 12.1 Å². The molecular weight excluding hydrogens is 416 g/mol. The van der Waals surface area contributed by atoms with Crippen LogP contribution in [-0.4, -0.2) is 42.2 Å². The summed E-state index contributed by atoms with van der Waals surface area (Å²) in [6, 6.07) is 2.43. The predicted molar refractivity (Wildman–Crippen MR) is 83.6 cm³/mol. The zero-order valence-electron chi connectivity index (χ0n) is 14.7. The van der Waals surface area contributed by atoms with Crippen LogP contribution in [0.15, 0.2) is 36.5 Å². The average molecular weight is 428 g/mol. The Hall–Kier alpha value is -2.92. The van der Waals surface area contributed by atoms with E-state index in [0.29, 0.717) is 12.1 Å². The molecule has 0 bridgehead atoms. The Kier molecular flexibility index (Phi) is 5.77. The van der Waals surface area contributed by atoms with Crippen molar-refractivity contribution < 1.29 is 44.7 Å². The third-order valence-corrected chi connectivity index (χ3v) is 3.71. The molecule has 1 aromatic heterocycles. The summed E-state index contributed by atoms with van der Waals surface area (Å²) in [7, 11) is 2.83. The number of benzene rings is 1. The molecular formula is C17H12F8N2O2. The van der Waals surface area contributed by atoms with Crippen molar-refractivity contribution in [3.8, 4) is 11.6 Å². The highest BCUT2D eigenvalue weighted by Gasteiger charge is 2.73. The molecule has 0 aliphatic heterocycles. The highest BCUT2D eigenvalue weighted by molar-refractivity contribution is 5.93. The quantitative estimate of drug-likeness (QED) is 0.644. The lowest BCUT2D eigenvalue weighted by Crippen LogP contribution is -2.50. The second kappa shape index (κ2) is 7.48. The normalized spacial score (nSPS) is 12.6. The van der Waals surface area contributed by atoms with Crippen LogP contribution in [0.3, 0.4) is 0 Å². The van der Waals surface area contributed by atoms with Crippen LogP contribution in [-0.2, 0) is 5.67 Å². The van der Waals surface area contributed by atoms with E-state index < -0.39 is 46.9 Å². The van der Waals surface area contributed by atoms with E-state index >= 15 is 0 Å². The molecule has 29 heavy (non-hydrogen) atoms. The third-order valence-electron chi connectivity index (χ3n) is 3.71. The molecule has 2 aromatic rings. The second-order valence-electron chi connectivity index (χ2n) is 5.99. The van der Waals surface area contributed by atoms with Gasteiger partial charge in [0.2, 0.25) is 0 Å². The molecule has 158 valence electrons. The van der Waals surface area contributed by atoms with Gasteiger partial charge in [0.25, 0.3) is 11.8 Å². The van der Waals surface area contributed by atoms with Gasteiger partial charge in [0.1, 0.15) is 5.75 Å². The molecule has 0 atom stereocenters. The van der Waals surface area contributed by atoms with E-state index in [4.69, 9.17) is 4.74 Å². The van der Waals surface area contributed by atoms with Gasteiger partial charge in [0.15, 0.2) is 5.82 Å². The lowest BCUT2D eigenvalue weighted by atomic mass is 9.94. The molecule has 0 saturated carbocycles. The smallest absolute Gasteiger partial charge is 0.435 e. The Labute approximate surface area is 158 Å². The minimum atomic E-state index is -6.25. The van der Waals surface area contributed by atoms with Crippen molar-refractivity contribution >= 4 is 5.91 Å². The fraction of sp³-hybridized carbons (Fsp3) is 0.294. The minimum Gasteiger partial charge on any atom is -0.436 e. The van der Waals surface area contributed by atoms with Crippen molar-refractivity contribution in [2.45, 2.75) is 18.0 Å². The lowest BCUT2D eigenvalue weighted by Gasteiger charge is -2.30. The number of carbonyl (C=O) groups excluding carboxylic acids is 1. The summed E-state index contributed by atoms with van der Waals surface area (Å²) in [6.07, 6.45) is -11.5. The maximum Gasteiger partial charge on any atom is 0.435 e. The summed E-state index contributed by atoms with van der Waals surface area (Å²) in [5.74, 6) is -2.76. The number of nitrogens with zero attached hydrogens (tertiary/aromatic N) is 2. The molecule has 0 N–H and O–H groups in total. The number of ether oxygens (including phenoxy) is 1. The molecule has 0 unspecified atom stereocenters. The molecule has 0 aliphatic carbocycles. The van der Waals surface area contributed by atoms with Crippen LogP contribution >= 0.6 is 0 Å². The van der Waals surface area contributed by atoms with Gasteiger partial charge in [-0.05, 0) is 18.2 Å². The number of hydrogen-bond acceptors (Lipinski definition) is 3. The first-order valence-electron chi connectivity index (χ1n) is 7.66. The molecule has 1 heterocycles. The van der Waals surface area contributed by atoms with Gasteiger partial charge >= 0.3 is 18.0 Å². The summed E-state index contributed by atoms with van der Waals surface area (Å²) >= 11 is 0. The Morgan fingerprint density at radius 2 is 1.48 bits per heavy atom. The van der Waals surface area contributed by atoms with Crippen LogP contribution in [0.2, 0.25) is 0 Å². The maximum atomic E-state index is 14.0. The molecule has 12 heteroatoms. The van der Waals surface area contributed by atoms with Crippen molar-refractivity contribution in [2.75, 3.05) is 14.1 Å². The van der Waals surface area contributed by atoms with Crippen molar-refractivity contribution in [2.24, 2.45) is 0 Å². The number of rotatable bonds is 4. The Morgan fingerprint density at radius 3 is 1.90 bits per heavy atom. The zero-order chi connectivity index (χ0) is 22.2. The van der Waals surface area contributed by atoms with E-state index in [1.54, 1.807) is 0 Å². The predicted octanol–water partition coefficient (Wildman–Crippen LogP) is 5.00. The first-order chi connectivity index (χ1) is 13.2. The van der Waals surface area contributed by atoms with E-state index in [-0.39, 0.29) is 17.7 Å². The number of alkyl halides is 7. The van der Waals surface area contributed by atoms with Crippen LogP contribution in [0, 0.1) is 5.82 Å². The Morgan fingerprint density at radius 1 is 0.966 bits per heavy atom. The summed E-state index contributed by atoms with van der Waals surface area (Å²) in [4.78, 5) is 16.4. The van der Waals surface area contributed by atoms with Gasteiger partial charge in [-0.15, -0.1) is 0 Å². The van der Waals surface area contributed by atoms with Crippen LogP contribution < -0.4 is 4.74 Å². The Bertz CT molecular complexity index is 878. The molecule has 1 aromatic carbocycles. The van der Waals surface area contributed by atoms with E-state index in [0.717, 1.165) is 17.2 Å². The summed E-state index contributed by atoms with van der Waals surface area (Å²) in [5, 5.41) is 0. The molecule has 0 radical (unpaired) electrons. The van der Waals surface area contributed by atoms with Gasteiger partial charge in [-0.25, -0.2) is 13.8 Å². The third kappa shape index (κ3) is 4.25. The highest BCUT2D eigenvalue weighted by atomic mass is 19.4. The fourth-order valence-corrected chi connectivity index (χ4v) is 2.23. The van der Waals surface area contributed by atoms with Crippen molar-refractivity contribution in [3.63, 3.8) is 0 Å². The van der Waals surface area contributed by atoms with Crippen LogP contribution in [0.1, 0.15) is 15.9 Å². The van der Waals surface area contributed by atoms with Gasteiger partial charge in [-0.2, -0.15) is 26.3 Å². The average Bonchev–Trinajstić information content (AvgIpc) is 2.60. The summed E-state index contributed by atoms with van der Waals surface area (Å²) in [6.45, 7) is 0. The minimum absolute atomic E-state index is 0.118. The van der Waals surface area contributed by atoms with E-state index in [9.17, 15) is 39.9 Å². The van der Waals surface area contributed by atoms with E-state index in [2.05, 4.69) is 4.98 Å². The van der Waals surface area contributed by atoms with Gasteiger partial charge in [0.05, 0.1) is 5.56 Å². The molecule has 1 amide bonds. The standard InChI is InChI=1S/C17H12F8N2O2/c1-27(2)14(28)9-7-12(18)13(26-8-9)29-11-5-3-10(4-6-11)15(19,16(20,21)22)17(23,24)25/h3-8H,1-2H3. The number of amides is 1. The molecule has 0 saturated heterocycles. The highest BCUT2D eigenvalue weighted by Crippen LogP contribution is 2.53. The monoisotopic (exact) mass is 428 g/mol. The topological polar surface area (TPSA) is 42.4 Å². The molecule has 0 spiro atoms. The number of halogens is 8. The second-order valence-corrected chi connectivity index (χ2v) is 5.99. The van der Waals surface area contributed by atoms with E-state index in [1.807, 2.05) is 0 Å². The van der Waals surface area contributed by atoms with Crippen molar-refractivity contribution in [1.29, 1.82) is 0 Å². The summed E-state index contributed by atoms with van der Waals surface area (Å²) < 4.78 is 109. The van der Waals surface area contributed by atoms with Crippen LogP contribution in [0.4, 0.5) is 35.1 Å². The van der Waals surface area contributed by atoms with Gasteiger partial charge < -0.3 is 9.64 Å². The van der Waals surface area contributed by atoms with Crippen LogP contribution in [0.5, 0.6) is 11.6 Å². The number of pyridine rings is 1. The number of hydrogen-bond donors (Lipinski definition) is 0. The largest absolute Gasteiger partial charge is 0.436 e. The zero-order valence-corrected chi connectivity index (χ0v) is 14.7. The lowest BCUT2D eigenvalue weighted by molar-refractivity contribution is -0.348. The van der Waals surface area contributed by atoms with Crippen molar-refractivity contribution in [3.05, 3.63) is 53.5 Å². The Balaban J connectivity index is 2.31. The molecule has 4 nitrogen and oxygen atoms in total. The number of carbonyl (C=O) groups is 1.